The largest absolute Gasteiger partial charge is 0.496 e. The molecule has 3 nitrogen and oxygen atoms in total. The van der Waals surface area contributed by atoms with Gasteiger partial charge in [0.25, 0.3) is 0 Å². The zero-order chi connectivity index (χ0) is 15.4. The van der Waals surface area contributed by atoms with E-state index in [4.69, 9.17) is 9.47 Å². The highest BCUT2D eigenvalue weighted by molar-refractivity contribution is 14.1. The first-order chi connectivity index (χ1) is 10.0. The first-order valence-electron chi connectivity index (χ1n) is 6.33. The monoisotopic (exact) mass is 394 g/mol. The van der Waals surface area contributed by atoms with E-state index in [1.807, 2.05) is 30.3 Å². The molecule has 0 aliphatic carbocycles. The highest BCUT2D eigenvalue weighted by Crippen LogP contribution is 2.32. The van der Waals surface area contributed by atoms with Crippen LogP contribution >= 0.6 is 22.6 Å². The molecule has 2 aromatic carbocycles. The topological polar surface area (TPSA) is 35.5 Å². The summed E-state index contributed by atoms with van der Waals surface area (Å²) in [6.07, 6.45) is 0. The van der Waals surface area contributed by atoms with Gasteiger partial charge in [-0.05, 0) is 65.4 Å². The predicted octanol–water partition coefficient (Wildman–Crippen LogP) is 4.45. The molecule has 21 heavy (non-hydrogen) atoms. The van der Waals surface area contributed by atoms with E-state index in [0.717, 1.165) is 20.4 Å². The maximum absolute atomic E-state index is 11.5. The van der Waals surface area contributed by atoms with Gasteiger partial charge in [0.05, 0.1) is 7.11 Å². The fourth-order valence-electron chi connectivity index (χ4n) is 1.80. The summed E-state index contributed by atoms with van der Waals surface area (Å²) < 4.78 is 11.7. The Morgan fingerprint density at radius 1 is 1.14 bits per heavy atom. The molecular formula is C17H15IO3. The molecule has 4 heteroatoms. The summed E-state index contributed by atoms with van der Waals surface area (Å²) in [5.74, 6) is 0.888. The first kappa shape index (κ1) is 15.6. The van der Waals surface area contributed by atoms with Crippen LogP contribution in [0.2, 0.25) is 0 Å². The predicted molar refractivity (Wildman–Crippen MR) is 91.6 cm³/mol. The molecule has 0 spiro atoms. The Hall–Kier alpha value is -1.82. The lowest BCUT2D eigenvalue weighted by molar-refractivity contribution is -0.130. The summed E-state index contributed by atoms with van der Waals surface area (Å²) in [7, 11) is 1.65. The third-order valence-electron chi connectivity index (χ3n) is 2.89. The van der Waals surface area contributed by atoms with Crippen molar-refractivity contribution in [3.63, 3.8) is 0 Å². The molecule has 0 saturated heterocycles. The number of hydrogen-bond acceptors (Lipinski definition) is 3. The number of ether oxygens (including phenoxy) is 2. The van der Waals surface area contributed by atoms with Crippen molar-refractivity contribution in [3.8, 4) is 22.6 Å². The molecule has 0 radical (unpaired) electrons. The van der Waals surface area contributed by atoms with Gasteiger partial charge in [-0.2, -0.15) is 0 Å². The zero-order valence-corrected chi connectivity index (χ0v) is 14.0. The quantitative estimate of drug-likeness (QED) is 0.333. The van der Waals surface area contributed by atoms with Gasteiger partial charge in [-0.3, -0.25) is 0 Å². The van der Waals surface area contributed by atoms with E-state index in [1.165, 1.54) is 0 Å². The van der Waals surface area contributed by atoms with Crippen LogP contribution in [0.5, 0.6) is 11.5 Å². The third kappa shape index (κ3) is 3.85. The molecule has 0 bridgehead atoms. The van der Waals surface area contributed by atoms with E-state index in [9.17, 15) is 4.79 Å². The molecule has 0 unspecified atom stereocenters. The highest BCUT2D eigenvalue weighted by Gasteiger charge is 2.08. The van der Waals surface area contributed by atoms with Crippen molar-refractivity contribution in [3.05, 3.63) is 58.2 Å². The van der Waals surface area contributed by atoms with Gasteiger partial charge in [0.1, 0.15) is 11.5 Å². The Morgan fingerprint density at radius 2 is 1.81 bits per heavy atom. The molecule has 0 saturated carbocycles. The van der Waals surface area contributed by atoms with Crippen molar-refractivity contribution in [2.75, 3.05) is 7.11 Å². The lowest BCUT2D eigenvalue weighted by atomic mass is 10.0. The van der Waals surface area contributed by atoms with E-state index in [-0.39, 0.29) is 0 Å². The van der Waals surface area contributed by atoms with Gasteiger partial charge in [0.15, 0.2) is 0 Å². The van der Waals surface area contributed by atoms with Crippen molar-refractivity contribution in [2.24, 2.45) is 0 Å². The lowest BCUT2D eigenvalue weighted by Crippen LogP contribution is -2.07. The Kier molecular flexibility index (Phi) is 5.01. The molecular weight excluding hydrogens is 379 g/mol. The summed E-state index contributed by atoms with van der Waals surface area (Å²) in [6, 6.07) is 13.3. The molecule has 0 aliphatic rings. The standard InChI is InChI=1S/C17H15IO3/c1-11(2)17(19)21-14-7-4-12(5-8-14)15-9-6-13(18)10-16(15)20-3/h4-10H,1H2,2-3H3. The second-order valence-electron chi connectivity index (χ2n) is 4.54. The van der Waals surface area contributed by atoms with E-state index in [2.05, 4.69) is 29.2 Å². The van der Waals surface area contributed by atoms with Crippen LogP contribution < -0.4 is 9.47 Å². The Bertz CT molecular complexity index is 675. The molecule has 0 N–H and O–H groups in total. The minimum absolute atomic E-state index is 0.374. The number of carbonyl (C=O) groups excluding carboxylic acids is 1. The van der Waals surface area contributed by atoms with Gasteiger partial charge < -0.3 is 9.47 Å². The number of carbonyl (C=O) groups is 1. The van der Waals surface area contributed by atoms with Crippen LogP contribution in [0.25, 0.3) is 11.1 Å². The van der Waals surface area contributed by atoms with E-state index >= 15 is 0 Å². The van der Waals surface area contributed by atoms with E-state index in [0.29, 0.717) is 11.3 Å². The molecule has 0 fully saturated rings. The van der Waals surface area contributed by atoms with Gasteiger partial charge in [-0.25, -0.2) is 4.79 Å². The third-order valence-corrected chi connectivity index (χ3v) is 3.56. The van der Waals surface area contributed by atoms with Gasteiger partial charge in [0, 0.05) is 14.7 Å². The van der Waals surface area contributed by atoms with Crippen LogP contribution in [-0.2, 0) is 4.79 Å². The molecule has 0 amide bonds. The summed E-state index contributed by atoms with van der Waals surface area (Å²) in [6.45, 7) is 5.17. The average molecular weight is 394 g/mol. The summed E-state index contributed by atoms with van der Waals surface area (Å²) >= 11 is 2.24. The molecule has 108 valence electrons. The van der Waals surface area contributed by atoms with Crippen LogP contribution in [0.1, 0.15) is 6.92 Å². The number of rotatable bonds is 4. The number of benzene rings is 2. The molecule has 0 aromatic heterocycles. The second kappa shape index (κ2) is 6.76. The Morgan fingerprint density at radius 3 is 2.38 bits per heavy atom. The summed E-state index contributed by atoms with van der Waals surface area (Å²) in [4.78, 5) is 11.5. The van der Waals surface area contributed by atoms with Crippen molar-refractivity contribution in [1.29, 1.82) is 0 Å². The SMILES string of the molecule is C=C(C)C(=O)Oc1ccc(-c2ccc(I)cc2OC)cc1. The van der Waals surface area contributed by atoms with Crippen LogP contribution in [0, 0.1) is 3.57 Å². The zero-order valence-electron chi connectivity index (χ0n) is 11.9. The number of methoxy groups -OCH3 is 1. The minimum Gasteiger partial charge on any atom is -0.496 e. The van der Waals surface area contributed by atoms with Crippen molar-refractivity contribution in [2.45, 2.75) is 6.92 Å². The van der Waals surface area contributed by atoms with Gasteiger partial charge in [-0.1, -0.05) is 18.7 Å². The van der Waals surface area contributed by atoms with Crippen molar-refractivity contribution in [1.82, 2.24) is 0 Å². The smallest absolute Gasteiger partial charge is 0.338 e. The summed E-state index contributed by atoms with van der Waals surface area (Å²) in [5.41, 5.74) is 2.37. The Balaban J connectivity index is 2.27. The molecule has 0 heterocycles. The highest BCUT2D eigenvalue weighted by atomic mass is 127. The average Bonchev–Trinajstić information content (AvgIpc) is 2.48. The molecule has 2 aromatic rings. The Labute approximate surface area is 137 Å². The van der Waals surface area contributed by atoms with E-state index in [1.54, 1.807) is 26.2 Å². The van der Waals surface area contributed by atoms with Gasteiger partial charge in [0.2, 0.25) is 0 Å². The van der Waals surface area contributed by atoms with Gasteiger partial charge in [-0.15, -0.1) is 0 Å². The maximum Gasteiger partial charge on any atom is 0.338 e. The molecule has 0 atom stereocenters. The number of esters is 1. The van der Waals surface area contributed by atoms with Crippen LogP contribution in [0.3, 0.4) is 0 Å². The summed E-state index contributed by atoms with van der Waals surface area (Å²) in [5, 5.41) is 0. The van der Waals surface area contributed by atoms with Gasteiger partial charge >= 0.3 is 5.97 Å². The number of halogens is 1. The van der Waals surface area contributed by atoms with Crippen molar-refractivity contribution >= 4 is 28.6 Å². The van der Waals surface area contributed by atoms with Crippen LogP contribution in [0.15, 0.2) is 54.6 Å². The van der Waals surface area contributed by atoms with Crippen molar-refractivity contribution < 1.29 is 14.3 Å². The second-order valence-corrected chi connectivity index (χ2v) is 5.78. The number of hydrogen-bond donors (Lipinski definition) is 0. The van der Waals surface area contributed by atoms with Crippen LogP contribution in [0.4, 0.5) is 0 Å². The fraction of sp³-hybridized carbons (Fsp3) is 0.118. The lowest BCUT2D eigenvalue weighted by Gasteiger charge is -2.10. The molecule has 2 rings (SSSR count). The maximum atomic E-state index is 11.5. The minimum atomic E-state index is -0.422. The molecule has 0 aliphatic heterocycles. The van der Waals surface area contributed by atoms with Crippen LogP contribution in [-0.4, -0.2) is 13.1 Å². The fourth-order valence-corrected chi connectivity index (χ4v) is 2.26. The first-order valence-corrected chi connectivity index (χ1v) is 7.41. The normalized spacial score (nSPS) is 10.0. The van der Waals surface area contributed by atoms with E-state index < -0.39 is 5.97 Å².